The lowest BCUT2D eigenvalue weighted by molar-refractivity contribution is -0.125. The van der Waals surface area contributed by atoms with E-state index in [9.17, 15) is 4.79 Å². The summed E-state index contributed by atoms with van der Waals surface area (Å²) in [6.07, 6.45) is -0.0914. The number of carbonyl (C=O) groups excluding carboxylic acids is 1. The SMILES string of the molecule is C[C@H]1OCCN[C@@H]1C(N)=O. The van der Waals surface area contributed by atoms with Gasteiger partial charge < -0.3 is 15.8 Å². The summed E-state index contributed by atoms with van der Waals surface area (Å²) in [5.74, 6) is -0.341. The molecule has 0 bridgehead atoms. The summed E-state index contributed by atoms with van der Waals surface area (Å²) >= 11 is 0. The van der Waals surface area contributed by atoms with Crippen LogP contribution in [0.5, 0.6) is 0 Å². The maximum atomic E-state index is 10.6. The minimum Gasteiger partial charge on any atom is -0.375 e. The van der Waals surface area contributed by atoms with Crippen molar-refractivity contribution in [1.29, 1.82) is 0 Å². The van der Waals surface area contributed by atoms with Crippen LogP contribution in [0, 0.1) is 0 Å². The number of nitrogens with two attached hydrogens (primary N) is 1. The molecule has 1 amide bonds. The number of nitrogens with one attached hydrogen (secondary N) is 1. The summed E-state index contributed by atoms with van der Waals surface area (Å²) in [5.41, 5.74) is 5.08. The van der Waals surface area contributed by atoms with E-state index in [0.29, 0.717) is 13.2 Å². The van der Waals surface area contributed by atoms with Crippen molar-refractivity contribution in [3.63, 3.8) is 0 Å². The Labute approximate surface area is 59.7 Å². The molecule has 1 heterocycles. The Morgan fingerprint density at radius 1 is 1.80 bits per heavy atom. The fraction of sp³-hybridized carbons (Fsp3) is 0.833. The lowest BCUT2D eigenvalue weighted by Crippen LogP contribution is -2.54. The largest absolute Gasteiger partial charge is 0.375 e. The van der Waals surface area contributed by atoms with Crippen molar-refractivity contribution in [2.45, 2.75) is 19.1 Å². The van der Waals surface area contributed by atoms with Crippen LogP contribution in [0.25, 0.3) is 0 Å². The quantitative estimate of drug-likeness (QED) is 0.488. The fourth-order valence-corrected chi connectivity index (χ4v) is 1.05. The molecule has 3 N–H and O–H groups in total. The van der Waals surface area contributed by atoms with Crippen molar-refractivity contribution >= 4 is 5.91 Å². The number of primary amides is 1. The monoisotopic (exact) mass is 144 g/mol. The number of ether oxygens (including phenoxy) is 1. The van der Waals surface area contributed by atoms with E-state index in [1.165, 1.54) is 0 Å². The fourth-order valence-electron chi connectivity index (χ4n) is 1.05. The number of hydrogen-bond donors (Lipinski definition) is 2. The normalized spacial score (nSPS) is 33.7. The van der Waals surface area contributed by atoms with E-state index in [-0.39, 0.29) is 18.1 Å². The second kappa shape index (κ2) is 2.98. The highest BCUT2D eigenvalue weighted by atomic mass is 16.5. The molecule has 1 aliphatic heterocycles. The molecule has 0 saturated carbocycles. The van der Waals surface area contributed by atoms with E-state index in [4.69, 9.17) is 10.5 Å². The van der Waals surface area contributed by atoms with Gasteiger partial charge in [-0.05, 0) is 6.92 Å². The zero-order valence-electron chi connectivity index (χ0n) is 5.96. The minimum absolute atomic E-state index is 0.0914. The van der Waals surface area contributed by atoms with Gasteiger partial charge in [0.05, 0.1) is 12.7 Å². The first-order valence-corrected chi connectivity index (χ1v) is 3.36. The molecule has 0 aromatic rings. The Morgan fingerprint density at radius 2 is 2.50 bits per heavy atom. The lowest BCUT2D eigenvalue weighted by atomic mass is 10.1. The number of morpholine rings is 1. The van der Waals surface area contributed by atoms with Crippen molar-refractivity contribution in [2.75, 3.05) is 13.2 Å². The van der Waals surface area contributed by atoms with Gasteiger partial charge in [-0.15, -0.1) is 0 Å². The zero-order valence-corrected chi connectivity index (χ0v) is 5.96. The van der Waals surface area contributed by atoms with Crippen molar-refractivity contribution < 1.29 is 9.53 Å². The summed E-state index contributed by atoms with van der Waals surface area (Å²) in [5, 5.41) is 2.97. The first-order chi connectivity index (χ1) is 4.72. The van der Waals surface area contributed by atoms with Crippen LogP contribution in [0.1, 0.15) is 6.92 Å². The predicted molar refractivity (Wildman–Crippen MR) is 36.4 cm³/mol. The number of hydrogen-bond acceptors (Lipinski definition) is 3. The van der Waals surface area contributed by atoms with Crippen LogP contribution in [0.3, 0.4) is 0 Å². The van der Waals surface area contributed by atoms with Crippen molar-refractivity contribution in [3.05, 3.63) is 0 Å². The third kappa shape index (κ3) is 1.46. The van der Waals surface area contributed by atoms with Gasteiger partial charge in [0.2, 0.25) is 5.91 Å². The van der Waals surface area contributed by atoms with Gasteiger partial charge in [0.1, 0.15) is 6.04 Å². The van der Waals surface area contributed by atoms with Crippen molar-refractivity contribution in [1.82, 2.24) is 5.32 Å². The summed E-state index contributed by atoms with van der Waals surface area (Å²) < 4.78 is 5.19. The molecule has 1 saturated heterocycles. The van der Waals surface area contributed by atoms with E-state index in [1.807, 2.05) is 6.92 Å². The molecular formula is C6H12N2O2. The van der Waals surface area contributed by atoms with E-state index in [2.05, 4.69) is 5.32 Å². The molecule has 0 spiro atoms. The first-order valence-electron chi connectivity index (χ1n) is 3.36. The van der Waals surface area contributed by atoms with Gasteiger partial charge >= 0.3 is 0 Å². The number of amides is 1. The number of rotatable bonds is 1. The van der Waals surface area contributed by atoms with E-state index in [1.54, 1.807) is 0 Å². The Morgan fingerprint density at radius 3 is 2.90 bits per heavy atom. The number of carbonyl (C=O) groups is 1. The molecule has 0 radical (unpaired) electrons. The van der Waals surface area contributed by atoms with E-state index < -0.39 is 0 Å². The van der Waals surface area contributed by atoms with Crippen LogP contribution in [0.15, 0.2) is 0 Å². The summed E-state index contributed by atoms with van der Waals surface area (Å²) in [4.78, 5) is 10.6. The molecule has 0 aromatic carbocycles. The highest BCUT2D eigenvalue weighted by molar-refractivity contribution is 5.80. The van der Waals surface area contributed by atoms with Crippen LogP contribution in [-0.2, 0) is 9.53 Å². The maximum Gasteiger partial charge on any atom is 0.237 e. The van der Waals surface area contributed by atoms with Crippen LogP contribution < -0.4 is 11.1 Å². The van der Waals surface area contributed by atoms with Gasteiger partial charge in [0, 0.05) is 6.54 Å². The molecule has 58 valence electrons. The molecule has 4 heteroatoms. The van der Waals surface area contributed by atoms with Crippen molar-refractivity contribution in [2.24, 2.45) is 5.73 Å². The van der Waals surface area contributed by atoms with Gasteiger partial charge in [0.15, 0.2) is 0 Å². The third-order valence-corrected chi connectivity index (χ3v) is 1.62. The summed E-state index contributed by atoms with van der Waals surface area (Å²) in [7, 11) is 0. The summed E-state index contributed by atoms with van der Waals surface area (Å²) in [6.45, 7) is 3.20. The van der Waals surface area contributed by atoms with Gasteiger partial charge in [-0.25, -0.2) is 0 Å². The van der Waals surface area contributed by atoms with Crippen LogP contribution in [-0.4, -0.2) is 31.2 Å². The smallest absolute Gasteiger partial charge is 0.237 e. The second-order valence-electron chi connectivity index (χ2n) is 2.41. The minimum atomic E-state index is -0.341. The predicted octanol–water partition coefficient (Wildman–Crippen LogP) is -1.15. The van der Waals surface area contributed by atoms with Gasteiger partial charge in [-0.1, -0.05) is 0 Å². The Hall–Kier alpha value is -0.610. The highest BCUT2D eigenvalue weighted by Crippen LogP contribution is 2.02. The molecule has 1 rings (SSSR count). The highest BCUT2D eigenvalue weighted by Gasteiger charge is 2.25. The Bertz CT molecular complexity index is 138. The average Bonchev–Trinajstić information content (AvgIpc) is 1.88. The third-order valence-electron chi connectivity index (χ3n) is 1.62. The molecular weight excluding hydrogens is 132 g/mol. The van der Waals surface area contributed by atoms with E-state index in [0.717, 1.165) is 0 Å². The van der Waals surface area contributed by atoms with Gasteiger partial charge in [0.25, 0.3) is 0 Å². The van der Waals surface area contributed by atoms with Crippen molar-refractivity contribution in [3.8, 4) is 0 Å². The molecule has 0 aliphatic carbocycles. The molecule has 10 heavy (non-hydrogen) atoms. The Kier molecular flexibility index (Phi) is 2.24. The lowest BCUT2D eigenvalue weighted by Gasteiger charge is -2.27. The molecule has 0 aromatic heterocycles. The molecule has 0 unspecified atom stereocenters. The molecule has 1 aliphatic rings. The Balaban J connectivity index is 2.47. The van der Waals surface area contributed by atoms with Gasteiger partial charge in [-0.2, -0.15) is 0 Å². The summed E-state index contributed by atoms with van der Waals surface area (Å²) in [6, 6.07) is -0.311. The first kappa shape index (κ1) is 7.50. The van der Waals surface area contributed by atoms with Crippen LogP contribution in [0.4, 0.5) is 0 Å². The van der Waals surface area contributed by atoms with E-state index >= 15 is 0 Å². The standard InChI is InChI=1S/C6H12N2O2/c1-4-5(6(7)9)8-2-3-10-4/h4-5,8H,2-3H2,1H3,(H2,7,9)/t4-,5+/m1/s1. The molecule has 1 fully saturated rings. The molecule has 2 atom stereocenters. The maximum absolute atomic E-state index is 10.6. The average molecular weight is 144 g/mol. The van der Waals surface area contributed by atoms with Crippen LogP contribution >= 0.6 is 0 Å². The topological polar surface area (TPSA) is 64.3 Å². The second-order valence-corrected chi connectivity index (χ2v) is 2.41. The van der Waals surface area contributed by atoms with Gasteiger partial charge in [-0.3, -0.25) is 4.79 Å². The van der Waals surface area contributed by atoms with Crippen LogP contribution in [0.2, 0.25) is 0 Å². The zero-order chi connectivity index (χ0) is 7.56. The molecule has 4 nitrogen and oxygen atoms in total.